The molecule has 3 fully saturated rings. The zero-order valence-electron chi connectivity index (χ0n) is 10.6. The highest BCUT2D eigenvalue weighted by Gasteiger charge is 2.66. The topological polar surface area (TPSA) is 46.2 Å². The van der Waals surface area contributed by atoms with Crippen molar-refractivity contribution >= 4 is 0 Å². The van der Waals surface area contributed by atoms with Crippen LogP contribution in [0.25, 0.3) is 0 Å². The molecule has 0 aromatic heterocycles. The van der Waals surface area contributed by atoms with Crippen LogP contribution in [0, 0.1) is 0 Å². The average molecular weight is 242 g/mol. The van der Waals surface area contributed by atoms with Gasteiger partial charge >= 0.3 is 0 Å². The van der Waals surface area contributed by atoms with Crippen molar-refractivity contribution in [1.29, 1.82) is 0 Å². The van der Waals surface area contributed by atoms with Crippen LogP contribution < -0.4 is 0 Å². The highest BCUT2D eigenvalue weighted by Crippen LogP contribution is 2.50. The number of hydrogen-bond acceptors (Lipinski definition) is 5. The molecule has 3 atom stereocenters. The molecular weight excluding hydrogens is 224 g/mol. The maximum atomic E-state index is 5.86. The Kier molecular flexibility index (Phi) is 2.05. The zero-order valence-corrected chi connectivity index (χ0v) is 10.6. The van der Waals surface area contributed by atoms with Crippen molar-refractivity contribution in [3.05, 3.63) is 12.3 Å². The van der Waals surface area contributed by atoms with E-state index in [0.29, 0.717) is 12.4 Å². The fourth-order valence-electron chi connectivity index (χ4n) is 2.60. The standard InChI is InChI=1S/C12H18O5/c1-7-8-9(16-11(4,5)15-8)12(14-7)6-13-10(2,3)17-12/h8-9H,1,6H2,2-5H3/t8-,9-,12+/m0/s1. The zero-order chi connectivity index (χ0) is 12.5. The first kappa shape index (κ1) is 11.5. The van der Waals surface area contributed by atoms with Gasteiger partial charge in [0, 0.05) is 0 Å². The maximum Gasteiger partial charge on any atom is 0.265 e. The van der Waals surface area contributed by atoms with Gasteiger partial charge in [0.15, 0.2) is 23.8 Å². The predicted octanol–water partition coefficient (Wildman–Crippen LogP) is 1.53. The summed E-state index contributed by atoms with van der Waals surface area (Å²) in [5.41, 5.74) is 0. The molecule has 96 valence electrons. The van der Waals surface area contributed by atoms with Crippen LogP contribution in [0.5, 0.6) is 0 Å². The second kappa shape index (κ2) is 3.03. The van der Waals surface area contributed by atoms with Crippen LogP contribution in [0.4, 0.5) is 0 Å². The van der Waals surface area contributed by atoms with Crippen LogP contribution in [0.2, 0.25) is 0 Å². The lowest BCUT2D eigenvalue weighted by molar-refractivity contribution is -0.275. The summed E-state index contributed by atoms with van der Waals surface area (Å²) in [6, 6.07) is 0. The van der Waals surface area contributed by atoms with Gasteiger partial charge in [0.25, 0.3) is 5.79 Å². The van der Waals surface area contributed by atoms with Crippen molar-refractivity contribution in [2.75, 3.05) is 6.61 Å². The summed E-state index contributed by atoms with van der Waals surface area (Å²) in [7, 11) is 0. The Morgan fingerprint density at radius 1 is 1.12 bits per heavy atom. The Morgan fingerprint density at radius 3 is 2.41 bits per heavy atom. The first-order valence-corrected chi connectivity index (χ1v) is 5.81. The van der Waals surface area contributed by atoms with Crippen LogP contribution in [0.1, 0.15) is 27.7 Å². The molecule has 0 aromatic carbocycles. The lowest BCUT2D eigenvalue weighted by Crippen LogP contribution is -2.46. The number of fused-ring (bicyclic) bond motifs is 2. The van der Waals surface area contributed by atoms with Crippen molar-refractivity contribution in [3.8, 4) is 0 Å². The fourth-order valence-corrected chi connectivity index (χ4v) is 2.60. The van der Waals surface area contributed by atoms with Gasteiger partial charge in [-0.3, -0.25) is 0 Å². The smallest absolute Gasteiger partial charge is 0.265 e. The van der Waals surface area contributed by atoms with E-state index >= 15 is 0 Å². The summed E-state index contributed by atoms with van der Waals surface area (Å²) < 4.78 is 28.8. The number of ether oxygens (including phenoxy) is 5. The number of rotatable bonds is 0. The summed E-state index contributed by atoms with van der Waals surface area (Å²) in [6.07, 6.45) is -0.616. The SMILES string of the molecule is C=C1O[C@@]2(COC(C)(C)O2)[C@H]2OC(C)(C)O[C@@H]12. The largest absolute Gasteiger partial charge is 0.459 e. The summed E-state index contributed by atoms with van der Waals surface area (Å²) in [5.74, 6) is -1.70. The summed E-state index contributed by atoms with van der Waals surface area (Å²) in [4.78, 5) is 0. The van der Waals surface area contributed by atoms with Crippen LogP contribution in [0.15, 0.2) is 12.3 Å². The highest BCUT2D eigenvalue weighted by atomic mass is 16.9. The normalized spacial score (nSPS) is 46.2. The third kappa shape index (κ3) is 1.61. The predicted molar refractivity (Wildman–Crippen MR) is 57.9 cm³/mol. The van der Waals surface area contributed by atoms with Crippen molar-refractivity contribution < 1.29 is 23.7 Å². The molecule has 0 amide bonds. The van der Waals surface area contributed by atoms with E-state index in [1.54, 1.807) is 0 Å². The van der Waals surface area contributed by atoms with Crippen LogP contribution in [0.3, 0.4) is 0 Å². The van der Waals surface area contributed by atoms with Gasteiger partial charge < -0.3 is 23.7 Å². The Hall–Kier alpha value is -0.620. The molecule has 0 saturated carbocycles. The quantitative estimate of drug-likeness (QED) is 0.644. The Bertz CT molecular complexity index is 375. The molecular formula is C12H18O5. The van der Waals surface area contributed by atoms with Gasteiger partial charge in [0.05, 0.1) is 0 Å². The minimum Gasteiger partial charge on any atom is -0.459 e. The van der Waals surface area contributed by atoms with Gasteiger partial charge in [-0.2, -0.15) is 0 Å². The van der Waals surface area contributed by atoms with E-state index in [0.717, 1.165) is 0 Å². The second-order valence-electron chi connectivity index (χ2n) is 5.65. The van der Waals surface area contributed by atoms with Gasteiger partial charge in [0.2, 0.25) is 0 Å². The molecule has 17 heavy (non-hydrogen) atoms. The molecule has 0 radical (unpaired) electrons. The van der Waals surface area contributed by atoms with E-state index in [-0.39, 0.29) is 12.2 Å². The Morgan fingerprint density at radius 2 is 1.82 bits per heavy atom. The molecule has 1 spiro atoms. The molecule has 3 aliphatic rings. The van der Waals surface area contributed by atoms with Crippen molar-refractivity contribution in [2.24, 2.45) is 0 Å². The van der Waals surface area contributed by atoms with Gasteiger partial charge in [-0.15, -0.1) is 0 Å². The third-order valence-corrected chi connectivity index (χ3v) is 3.19. The van der Waals surface area contributed by atoms with Crippen LogP contribution >= 0.6 is 0 Å². The molecule has 0 aliphatic carbocycles. The first-order chi connectivity index (χ1) is 7.73. The molecule has 5 nitrogen and oxygen atoms in total. The van der Waals surface area contributed by atoms with E-state index in [4.69, 9.17) is 23.7 Å². The van der Waals surface area contributed by atoms with E-state index in [1.165, 1.54) is 0 Å². The lowest BCUT2D eigenvalue weighted by Gasteiger charge is -2.29. The van der Waals surface area contributed by atoms with E-state index in [2.05, 4.69) is 6.58 Å². The molecule has 3 heterocycles. The third-order valence-electron chi connectivity index (χ3n) is 3.19. The Labute approximate surface area is 101 Å². The highest BCUT2D eigenvalue weighted by molar-refractivity contribution is 5.15. The monoisotopic (exact) mass is 242 g/mol. The maximum absolute atomic E-state index is 5.86. The molecule has 0 bridgehead atoms. The molecule has 5 heteroatoms. The van der Waals surface area contributed by atoms with Gasteiger partial charge in [-0.05, 0) is 27.7 Å². The molecule has 0 unspecified atom stereocenters. The first-order valence-electron chi connectivity index (χ1n) is 5.81. The van der Waals surface area contributed by atoms with E-state index in [1.807, 2.05) is 27.7 Å². The fraction of sp³-hybridized carbons (Fsp3) is 0.833. The van der Waals surface area contributed by atoms with E-state index in [9.17, 15) is 0 Å². The Balaban J connectivity index is 1.91. The average Bonchev–Trinajstić information content (AvgIpc) is 2.71. The molecule has 3 saturated heterocycles. The summed E-state index contributed by atoms with van der Waals surface area (Å²) in [5, 5.41) is 0. The minimum atomic E-state index is -0.918. The molecule has 0 aromatic rings. The summed E-state index contributed by atoms with van der Waals surface area (Å²) >= 11 is 0. The van der Waals surface area contributed by atoms with Gasteiger partial charge in [0.1, 0.15) is 12.4 Å². The van der Waals surface area contributed by atoms with Crippen molar-refractivity contribution in [3.63, 3.8) is 0 Å². The van der Waals surface area contributed by atoms with Gasteiger partial charge in [-0.25, -0.2) is 0 Å². The van der Waals surface area contributed by atoms with Gasteiger partial charge in [-0.1, -0.05) is 6.58 Å². The van der Waals surface area contributed by atoms with Crippen LogP contribution in [-0.4, -0.2) is 36.2 Å². The summed E-state index contributed by atoms with van der Waals surface area (Å²) in [6.45, 7) is 11.6. The van der Waals surface area contributed by atoms with Crippen molar-refractivity contribution in [1.82, 2.24) is 0 Å². The minimum absolute atomic E-state index is 0.289. The second-order valence-corrected chi connectivity index (χ2v) is 5.65. The molecule has 3 rings (SSSR count). The van der Waals surface area contributed by atoms with Crippen LogP contribution in [-0.2, 0) is 23.7 Å². The van der Waals surface area contributed by atoms with Crippen molar-refractivity contribution in [2.45, 2.75) is 57.3 Å². The number of hydrogen-bond donors (Lipinski definition) is 0. The van der Waals surface area contributed by atoms with E-state index < -0.39 is 17.4 Å². The lowest BCUT2D eigenvalue weighted by atomic mass is 10.1. The molecule has 3 aliphatic heterocycles. The molecule has 0 N–H and O–H groups in total.